The van der Waals surface area contributed by atoms with Crippen LogP contribution >= 0.6 is 11.6 Å². The van der Waals surface area contributed by atoms with Crippen molar-refractivity contribution in [2.45, 2.75) is 26.4 Å². The Balaban J connectivity index is 1.93. The summed E-state index contributed by atoms with van der Waals surface area (Å²) < 4.78 is 0. The van der Waals surface area contributed by atoms with Crippen LogP contribution in [0.3, 0.4) is 0 Å². The van der Waals surface area contributed by atoms with Crippen molar-refractivity contribution in [3.63, 3.8) is 0 Å². The Morgan fingerprint density at radius 3 is 2.68 bits per heavy atom. The molecule has 0 spiro atoms. The fourth-order valence-corrected chi connectivity index (χ4v) is 3.17. The van der Waals surface area contributed by atoms with Gasteiger partial charge in [-0.05, 0) is 61.7 Å². The Morgan fingerprint density at radius 1 is 1.23 bits per heavy atom. The standard InChI is InChI=1S/C18H21ClN2O/c1-12-8-14(19)5-6-15(12)13-4-7-17-16(9-13)20-11-21(17)10-18(2,3)22/h4-9,20,22H,10-11H2,1-3H3. The van der Waals surface area contributed by atoms with Crippen molar-refractivity contribution >= 4 is 23.0 Å². The largest absolute Gasteiger partial charge is 0.389 e. The molecule has 3 nitrogen and oxygen atoms in total. The number of anilines is 2. The lowest BCUT2D eigenvalue weighted by Gasteiger charge is -2.26. The van der Waals surface area contributed by atoms with E-state index in [1.165, 1.54) is 16.7 Å². The lowest BCUT2D eigenvalue weighted by Crippen LogP contribution is -2.38. The molecule has 3 rings (SSSR count). The van der Waals surface area contributed by atoms with Gasteiger partial charge in [0, 0.05) is 11.6 Å². The number of hydrogen-bond donors (Lipinski definition) is 2. The second kappa shape index (κ2) is 5.49. The SMILES string of the molecule is Cc1cc(Cl)ccc1-c1ccc2c(c1)NCN2CC(C)(C)O. The van der Waals surface area contributed by atoms with Crippen LogP contribution in [-0.2, 0) is 0 Å². The molecule has 0 amide bonds. The molecule has 0 saturated heterocycles. The molecule has 0 saturated carbocycles. The van der Waals surface area contributed by atoms with Gasteiger partial charge in [0.15, 0.2) is 0 Å². The molecule has 0 radical (unpaired) electrons. The molecule has 1 aliphatic heterocycles. The molecule has 4 heteroatoms. The maximum Gasteiger partial charge on any atom is 0.0878 e. The van der Waals surface area contributed by atoms with Gasteiger partial charge >= 0.3 is 0 Å². The van der Waals surface area contributed by atoms with Gasteiger partial charge < -0.3 is 15.3 Å². The molecule has 0 aliphatic carbocycles. The van der Waals surface area contributed by atoms with E-state index in [0.717, 1.165) is 23.1 Å². The summed E-state index contributed by atoms with van der Waals surface area (Å²) in [4.78, 5) is 2.16. The van der Waals surface area contributed by atoms with Crippen LogP contribution in [0.4, 0.5) is 11.4 Å². The van der Waals surface area contributed by atoms with Gasteiger partial charge in [-0.1, -0.05) is 23.7 Å². The minimum atomic E-state index is -0.714. The third-order valence-electron chi connectivity index (χ3n) is 3.87. The summed E-state index contributed by atoms with van der Waals surface area (Å²) in [5.41, 5.74) is 5.06. The van der Waals surface area contributed by atoms with Gasteiger partial charge in [-0.2, -0.15) is 0 Å². The predicted octanol–water partition coefficient (Wildman–Crippen LogP) is 4.28. The molecule has 0 bridgehead atoms. The minimum absolute atomic E-state index is 0.603. The number of rotatable bonds is 3. The normalized spacial score (nSPS) is 14.0. The van der Waals surface area contributed by atoms with E-state index in [1.54, 1.807) is 0 Å². The quantitative estimate of drug-likeness (QED) is 0.887. The zero-order chi connectivity index (χ0) is 15.9. The summed E-state index contributed by atoms with van der Waals surface area (Å²) in [5.74, 6) is 0. The third kappa shape index (κ3) is 3.06. The highest BCUT2D eigenvalue weighted by Gasteiger charge is 2.24. The summed E-state index contributed by atoms with van der Waals surface area (Å²) in [5, 5.41) is 14.2. The number of benzene rings is 2. The van der Waals surface area contributed by atoms with Crippen LogP contribution in [0.1, 0.15) is 19.4 Å². The molecular weight excluding hydrogens is 296 g/mol. The van der Waals surface area contributed by atoms with E-state index in [1.807, 2.05) is 26.0 Å². The number of aryl methyl sites for hydroxylation is 1. The highest BCUT2D eigenvalue weighted by atomic mass is 35.5. The number of hydrogen-bond acceptors (Lipinski definition) is 3. The monoisotopic (exact) mass is 316 g/mol. The van der Waals surface area contributed by atoms with E-state index in [9.17, 15) is 5.11 Å². The number of halogens is 1. The third-order valence-corrected chi connectivity index (χ3v) is 4.11. The highest BCUT2D eigenvalue weighted by molar-refractivity contribution is 6.30. The maximum absolute atomic E-state index is 10.0. The molecule has 2 aromatic rings. The van der Waals surface area contributed by atoms with E-state index >= 15 is 0 Å². The topological polar surface area (TPSA) is 35.5 Å². The average Bonchev–Trinajstić information content (AvgIpc) is 2.79. The Kier molecular flexibility index (Phi) is 3.79. The maximum atomic E-state index is 10.0. The van der Waals surface area contributed by atoms with E-state index in [0.29, 0.717) is 6.54 Å². The molecule has 2 N–H and O–H groups in total. The van der Waals surface area contributed by atoms with Crippen LogP contribution in [-0.4, -0.2) is 23.9 Å². The summed E-state index contributed by atoms with van der Waals surface area (Å²) >= 11 is 6.04. The van der Waals surface area contributed by atoms with Crippen LogP contribution < -0.4 is 10.2 Å². The molecular formula is C18H21ClN2O. The Hall–Kier alpha value is -1.71. The number of nitrogens with zero attached hydrogens (tertiary/aromatic N) is 1. The summed E-state index contributed by atoms with van der Waals surface area (Å²) in [6, 6.07) is 12.4. The Bertz CT molecular complexity index is 707. The smallest absolute Gasteiger partial charge is 0.0878 e. The first kappa shape index (κ1) is 15.2. The number of aliphatic hydroxyl groups is 1. The van der Waals surface area contributed by atoms with Crippen molar-refractivity contribution in [1.82, 2.24) is 0 Å². The Morgan fingerprint density at radius 2 is 2.00 bits per heavy atom. The molecule has 1 aliphatic rings. The predicted molar refractivity (Wildman–Crippen MR) is 93.8 cm³/mol. The zero-order valence-corrected chi connectivity index (χ0v) is 13.9. The number of β-amino-alcohol motifs (C(OH)–C–C–N with tert-alkyl or cyclic N) is 1. The molecule has 116 valence electrons. The minimum Gasteiger partial charge on any atom is -0.389 e. The molecule has 0 atom stereocenters. The van der Waals surface area contributed by atoms with Gasteiger partial charge in [-0.3, -0.25) is 0 Å². The van der Waals surface area contributed by atoms with E-state index in [-0.39, 0.29) is 0 Å². The Labute approximate surface area is 136 Å². The van der Waals surface area contributed by atoms with Gasteiger partial charge in [0.2, 0.25) is 0 Å². The van der Waals surface area contributed by atoms with Crippen LogP contribution in [0.5, 0.6) is 0 Å². The van der Waals surface area contributed by atoms with E-state index in [4.69, 9.17) is 11.6 Å². The lowest BCUT2D eigenvalue weighted by molar-refractivity contribution is 0.0880. The first-order valence-electron chi connectivity index (χ1n) is 7.45. The van der Waals surface area contributed by atoms with Crippen molar-refractivity contribution in [2.75, 3.05) is 23.4 Å². The van der Waals surface area contributed by atoms with Crippen LogP contribution in [0.2, 0.25) is 5.02 Å². The molecule has 22 heavy (non-hydrogen) atoms. The van der Waals surface area contributed by atoms with Crippen molar-refractivity contribution in [3.05, 3.63) is 47.0 Å². The highest BCUT2D eigenvalue weighted by Crippen LogP contribution is 2.37. The first-order chi connectivity index (χ1) is 10.3. The van der Waals surface area contributed by atoms with Gasteiger partial charge in [0.25, 0.3) is 0 Å². The van der Waals surface area contributed by atoms with Crippen molar-refractivity contribution in [1.29, 1.82) is 0 Å². The lowest BCUT2D eigenvalue weighted by atomic mass is 9.99. The van der Waals surface area contributed by atoms with Crippen molar-refractivity contribution in [2.24, 2.45) is 0 Å². The van der Waals surface area contributed by atoms with E-state index < -0.39 is 5.60 Å². The number of nitrogens with one attached hydrogen (secondary N) is 1. The van der Waals surface area contributed by atoms with Gasteiger partial charge in [0.05, 0.1) is 23.6 Å². The summed E-state index contributed by atoms with van der Waals surface area (Å²) in [6.07, 6.45) is 0. The molecule has 0 fully saturated rings. The second-order valence-corrected chi connectivity index (χ2v) is 6.97. The van der Waals surface area contributed by atoms with Gasteiger partial charge in [-0.25, -0.2) is 0 Å². The van der Waals surface area contributed by atoms with Gasteiger partial charge in [0.1, 0.15) is 0 Å². The van der Waals surface area contributed by atoms with E-state index in [2.05, 4.69) is 41.4 Å². The summed E-state index contributed by atoms with van der Waals surface area (Å²) in [6.45, 7) is 7.06. The van der Waals surface area contributed by atoms with Crippen LogP contribution in [0.25, 0.3) is 11.1 Å². The van der Waals surface area contributed by atoms with Crippen molar-refractivity contribution in [3.8, 4) is 11.1 Å². The zero-order valence-electron chi connectivity index (χ0n) is 13.2. The second-order valence-electron chi connectivity index (χ2n) is 6.54. The molecule has 0 unspecified atom stereocenters. The first-order valence-corrected chi connectivity index (χ1v) is 7.83. The average molecular weight is 317 g/mol. The fraction of sp³-hybridized carbons (Fsp3) is 0.333. The van der Waals surface area contributed by atoms with Crippen LogP contribution in [0, 0.1) is 6.92 Å². The molecule has 1 heterocycles. The van der Waals surface area contributed by atoms with Crippen LogP contribution in [0.15, 0.2) is 36.4 Å². The van der Waals surface area contributed by atoms with Crippen molar-refractivity contribution < 1.29 is 5.11 Å². The molecule has 0 aromatic heterocycles. The summed E-state index contributed by atoms with van der Waals surface area (Å²) in [7, 11) is 0. The fourth-order valence-electron chi connectivity index (χ4n) is 2.95. The number of fused-ring (bicyclic) bond motifs is 1. The molecule has 2 aromatic carbocycles. The van der Waals surface area contributed by atoms with Gasteiger partial charge in [-0.15, -0.1) is 0 Å².